The summed E-state index contributed by atoms with van der Waals surface area (Å²) in [5, 5.41) is 3.56. The SMILES string of the molecule is CCCCC1NC(c2ccc(C)s2)N(CC(C)(C)C)C1=O. The minimum absolute atomic E-state index is 0.0142. The van der Waals surface area contributed by atoms with Crippen LogP contribution in [0, 0.1) is 12.3 Å². The topological polar surface area (TPSA) is 32.3 Å². The highest BCUT2D eigenvalue weighted by Gasteiger charge is 2.41. The lowest BCUT2D eigenvalue weighted by molar-refractivity contribution is -0.131. The van der Waals surface area contributed by atoms with Gasteiger partial charge in [-0.3, -0.25) is 10.1 Å². The average Bonchev–Trinajstić information content (AvgIpc) is 2.92. The number of hydrogen-bond acceptors (Lipinski definition) is 3. The third-order valence-electron chi connectivity index (χ3n) is 3.77. The molecule has 1 aliphatic rings. The highest BCUT2D eigenvalue weighted by Crippen LogP contribution is 2.33. The number of nitrogens with one attached hydrogen (secondary N) is 1. The second-order valence-electron chi connectivity index (χ2n) is 7.24. The Morgan fingerprint density at radius 1 is 1.33 bits per heavy atom. The number of nitrogens with zero attached hydrogens (tertiary/aromatic N) is 1. The Labute approximate surface area is 132 Å². The molecule has 1 saturated heterocycles. The Kier molecular flexibility index (Phi) is 5.10. The number of unbranched alkanes of at least 4 members (excludes halogenated alkanes) is 1. The second-order valence-corrected chi connectivity index (χ2v) is 8.56. The smallest absolute Gasteiger partial charge is 0.241 e. The monoisotopic (exact) mass is 308 g/mol. The van der Waals surface area contributed by atoms with E-state index in [0.29, 0.717) is 0 Å². The fraction of sp³-hybridized carbons (Fsp3) is 0.706. The van der Waals surface area contributed by atoms with Crippen molar-refractivity contribution in [1.29, 1.82) is 0 Å². The van der Waals surface area contributed by atoms with Gasteiger partial charge in [-0.25, -0.2) is 0 Å². The first-order valence-corrected chi connectivity index (χ1v) is 8.76. The molecule has 2 rings (SSSR count). The van der Waals surface area contributed by atoms with Crippen molar-refractivity contribution in [3.8, 4) is 0 Å². The maximum Gasteiger partial charge on any atom is 0.241 e. The van der Waals surface area contributed by atoms with Gasteiger partial charge in [0.2, 0.25) is 5.91 Å². The van der Waals surface area contributed by atoms with E-state index in [0.717, 1.165) is 25.8 Å². The summed E-state index contributed by atoms with van der Waals surface area (Å²) in [7, 11) is 0. The quantitative estimate of drug-likeness (QED) is 0.888. The molecule has 0 aromatic carbocycles. The maximum atomic E-state index is 12.7. The molecule has 2 unspecified atom stereocenters. The van der Waals surface area contributed by atoms with Crippen molar-refractivity contribution < 1.29 is 4.79 Å². The van der Waals surface area contributed by atoms with E-state index in [2.05, 4.69) is 52.1 Å². The standard InChI is InChI=1S/C17H28N2OS/c1-6-7-8-13-16(20)19(11-17(3,4)5)15(18-13)14-10-9-12(2)21-14/h9-10,13,15,18H,6-8,11H2,1-5H3. The first-order valence-electron chi connectivity index (χ1n) is 7.94. The van der Waals surface area contributed by atoms with Crippen LogP contribution in [0.15, 0.2) is 12.1 Å². The summed E-state index contributed by atoms with van der Waals surface area (Å²) in [4.78, 5) is 17.3. The molecule has 0 radical (unpaired) electrons. The Bertz CT molecular complexity index is 489. The molecular formula is C17H28N2OS. The van der Waals surface area contributed by atoms with Crippen molar-refractivity contribution in [2.75, 3.05) is 6.54 Å². The minimum Gasteiger partial charge on any atom is -0.320 e. The molecule has 2 atom stereocenters. The first-order chi connectivity index (χ1) is 9.81. The van der Waals surface area contributed by atoms with Gasteiger partial charge in [0.1, 0.15) is 6.17 Å². The van der Waals surface area contributed by atoms with Gasteiger partial charge in [-0.1, -0.05) is 40.5 Å². The Morgan fingerprint density at radius 2 is 2.05 bits per heavy atom. The van der Waals surface area contributed by atoms with E-state index in [4.69, 9.17) is 0 Å². The number of hydrogen-bond donors (Lipinski definition) is 1. The fourth-order valence-corrected chi connectivity index (χ4v) is 3.76. The van der Waals surface area contributed by atoms with E-state index in [1.165, 1.54) is 9.75 Å². The predicted molar refractivity (Wildman–Crippen MR) is 89.4 cm³/mol. The molecule has 4 heteroatoms. The average molecular weight is 308 g/mol. The zero-order chi connectivity index (χ0) is 15.6. The summed E-state index contributed by atoms with van der Waals surface area (Å²) in [6.45, 7) is 11.7. The van der Waals surface area contributed by atoms with E-state index in [9.17, 15) is 4.79 Å². The van der Waals surface area contributed by atoms with Crippen molar-refractivity contribution in [1.82, 2.24) is 10.2 Å². The fourth-order valence-electron chi connectivity index (χ4n) is 2.81. The lowest BCUT2D eigenvalue weighted by Gasteiger charge is -2.30. The molecule has 1 amide bonds. The molecule has 118 valence electrons. The summed E-state index contributed by atoms with van der Waals surface area (Å²) in [5.74, 6) is 0.273. The summed E-state index contributed by atoms with van der Waals surface area (Å²) >= 11 is 1.79. The molecule has 21 heavy (non-hydrogen) atoms. The number of carbonyl (C=O) groups is 1. The molecule has 1 aromatic heterocycles. The summed E-state index contributed by atoms with van der Waals surface area (Å²) in [5.41, 5.74) is 0.113. The van der Waals surface area contributed by atoms with Crippen molar-refractivity contribution in [3.63, 3.8) is 0 Å². The molecule has 1 aromatic rings. The third-order valence-corrected chi connectivity index (χ3v) is 4.83. The van der Waals surface area contributed by atoms with Crippen LogP contribution < -0.4 is 5.32 Å². The maximum absolute atomic E-state index is 12.7. The molecule has 3 nitrogen and oxygen atoms in total. The van der Waals surface area contributed by atoms with Crippen LogP contribution in [0.4, 0.5) is 0 Å². The van der Waals surface area contributed by atoms with Gasteiger partial charge in [0.15, 0.2) is 0 Å². The number of aryl methyl sites for hydroxylation is 1. The van der Waals surface area contributed by atoms with Crippen molar-refractivity contribution in [3.05, 3.63) is 21.9 Å². The van der Waals surface area contributed by atoms with Crippen molar-refractivity contribution >= 4 is 17.2 Å². The molecule has 0 saturated carbocycles. The van der Waals surface area contributed by atoms with E-state index in [-0.39, 0.29) is 23.5 Å². The van der Waals surface area contributed by atoms with Crippen LogP contribution >= 0.6 is 11.3 Å². The largest absolute Gasteiger partial charge is 0.320 e. The molecule has 1 aliphatic heterocycles. The van der Waals surface area contributed by atoms with Crippen LogP contribution in [0.5, 0.6) is 0 Å². The highest BCUT2D eigenvalue weighted by molar-refractivity contribution is 7.12. The molecule has 0 spiro atoms. The summed E-state index contributed by atoms with van der Waals surface area (Å²) in [6.07, 6.45) is 3.23. The lowest BCUT2D eigenvalue weighted by atomic mass is 9.95. The highest BCUT2D eigenvalue weighted by atomic mass is 32.1. The number of rotatable bonds is 5. The van der Waals surface area contributed by atoms with Crippen LogP contribution in [-0.4, -0.2) is 23.4 Å². The Hall–Kier alpha value is -0.870. The minimum atomic E-state index is -0.0142. The Morgan fingerprint density at radius 3 is 2.57 bits per heavy atom. The summed E-state index contributed by atoms with van der Waals surface area (Å²) < 4.78 is 0. The zero-order valence-corrected chi connectivity index (χ0v) is 14.7. The van der Waals surface area contributed by atoms with Crippen LogP contribution in [0.3, 0.4) is 0 Å². The van der Waals surface area contributed by atoms with Gasteiger partial charge in [0.25, 0.3) is 0 Å². The molecule has 1 N–H and O–H groups in total. The number of amides is 1. The first kappa shape index (κ1) is 16.5. The van der Waals surface area contributed by atoms with Crippen LogP contribution in [0.25, 0.3) is 0 Å². The van der Waals surface area contributed by atoms with Gasteiger partial charge in [-0.2, -0.15) is 0 Å². The van der Waals surface area contributed by atoms with Gasteiger partial charge in [0.05, 0.1) is 6.04 Å². The van der Waals surface area contributed by atoms with Gasteiger partial charge in [0, 0.05) is 16.3 Å². The van der Waals surface area contributed by atoms with Crippen LogP contribution in [0.2, 0.25) is 0 Å². The predicted octanol–water partition coefficient (Wildman–Crippen LogP) is 4.09. The van der Waals surface area contributed by atoms with Gasteiger partial charge < -0.3 is 4.90 Å². The number of carbonyl (C=O) groups excluding carboxylic acids is 1. The molecule has 0 aliphatic carbocycles. The summed E-state index contributed by atoms with van der Waals surface area (Å²) in [6, 6.07) is 4.28. The zero-order valence-electron chi connectivity index (χ0n) is 13.9. The normalized spacial score (nSPS) is 23.1. The van der Waals surface area contributed by atoms with Crippen molar-refractivity contribution in [2.24, 2.45) is 5.41 Å². The van der Waals surface area contributed by atoms with E-state index >= 15 is 0 Å². The van der Waals surface area contributed by atoms with Crippen LogP contribution in [-0.2, 0) is 4.79 Å². The van der Waals surface area contributed by atoms with Gasteiger partial charge in [-0.15, -0.1) is 11.3 Å². The van der Waals surface area contributed by atoms with E-state index in [1.807, 2.05) is 4.90 Å². The van der Waals surface area contributed by atoms with E-state index in [1.54, 1.807) is 11.3 Å². The van der Waals surface area contributed by atoms with Gasteiger partial charge in [-0.05, 0) is 30.9 Å². The number of thiophene rings is 1. The molecule has 0 bridgehead atoms. The van der Waals surface area contributed by atoms with E-state index < -0.39 is 0 Å². The third kappa shape index (κ3) is 4.07. The molecular weight excluding hydrogens is 280 g/mol. The molecule has 1 fully saturated rings. The lowest BCUT2D eigenvalue weighted by Crippen LogP contribution is -2.37. The molecule has 2 heterocycles. The Balaban J connectivity index is 2.20. The van der Waals surface area contributed by atoms with Crippen molar-refractivity contribution in [2.45, 2.75) is 66.1 Å². The second kappa shape index (κ2) is 6.49. The van der Waals surface area contributed by atoms with Gasteiger partial charge >= 0.3 is 0 Å². The van der Waals surface area contributed by atoms with Crippen LogP contribution in [0.1, 0.15) is 62.9 Å².